The van der Waals surface area contributed by atoms with Gasteiger partial charge in [0.25, 0.3) is 0 Å². The summed E-state index contributed by atoms with van der Waals surface area (Å²) in [5.74, 6) is 5.51. The van der Waals surface area contributed by atoms with Crippen molar-refractivity contribution in [2.45, 2.75) is 70.6 Å². The highest BCUT2D eigenvalue weighted by atomic mass is 16.6. The third kappa shape index (κ3) is 8.57. The molecule has 1 fully saturated rings. The van der Waals surface area contributed by atoms with Crippen LogP contribution in [0.5, 0.6) is 5.75 Å². The van der Waals surface area contributed by atoms with Crippen LogP contribution in [0.25, 0.3) is 0 Å². The topological polar surface area (TPSA) is 67.8 Å². The summed E-state index contributed by atoms with van der Waals surface area (Å²) in [6.45, 7) is 5.91. The molecule has 1 atom stereocenters. The van der Waals surface area contributed by atoms with Crippen molar-refractivity contribution in [1.29, 1.82) is 0 Å². The summed E-state index contributed by atoms with van der Waals surface area (Å²) in [4.78, 5) is 12.1. The van der Waals surface area contributed by atoms with Gasteiger partial charge in [0.2, 0.25) is 6.10 Å². The number of ether oxygens (including phenoxy) is 2. The van der Waals surface area contributed by atoms with Crippen LogP contribution in [0.3, 0.4) is 0 Å². The maximum atomic E-state index is 12.1. The number of benzene rings is 2. The predicted molar refractivity (Wildman–Crippen MR) is 132 cm³/mol. The lowest BCUT2D eigenvalue weighted by atomic mass is 9.79. The molecule has 0 amide bonds. The van der Waals surface area contributed by atoms with E-state index in [1.165, 1.54) is 5.56 Å². The number of hydrogen-bond acceptors (Lipinski definition) is 5. The Morgan fingerprint density at radius 3 is 2.30 bits per heavy atom. The zero-order chi connectivity index (χ0) is 23.9. The molecule has 0 radical (unpaired) electrons. The van der Waals surface area contributed by atoms with Crippen LogP contribution in [-0.2, 0) is 21.7 Å². The summed E-state index contributed by atoms with van der Waals surface area (Å²) in [6.07, 6.45) is 4.07. The van der Waals surface area contributed by atoms with Crippen LogP contribution >= 0.6 is 0 Å². The SMILES string of the molecule is CCC#CC(O)C(=O)OC1(c2ccccc2)CCCCC1.CCNCc1ccc(OC)cc1. The second-order valence-corrected chi connectivity index (χ2v) is 8.05. The molecule has 0 aliphatic heterocycles. The van der Waals surface area contributed by atoms with E-state index in [2.05, 4.69) is 36.2 Å². The minimum absolute atomic E-state index is 0.605. The Bertz CT molecular complexity index is 878. The molecule has 0 heterocycles. The number of aliphatic hydroxyl groups excluding tert-OH is 1. The third-order valence-electron chi connectivity index (χ3n) is 5.63. The largest absolute Gasteiger partial charge is 0.497 e. The van der Waals surface area contributed by atoms with E-state index in [0.717, 1.165) is 56.5 Å². The quantitative estimate of drug-likeness (QED) is 0.460. The number of hydrogen-bond donors (Lipinski definition) is 2. The molecule has 0 saturated heterocycles. The monoisotopic (exact) mass is 451 g/mol. The number of nitrogens with one attached hydrogen (secondary N) is 1. The van der Waals surface area contributed by atoms with Crippen molar-refractivity contribution in [2.75, 3.05) is 13.7 Å². The van der Waals surface area contributed by atoms with Crippen molar-refractivity contribution in [3.63, 3.8) is 0 Å². The van der Waals surface area contributed by atoms with Gasteiger partial charge in [0.1, 0.15) is 11.4 Å². The van der Waals surface area contributed by atoms with Gasteiger partial charge in [0, 0.05) is 13.0 Å². The molecular weight excluding hydrogens is 414 g/mol. The summed E-state index contributed by atoms with van der Waals surface area (Å²) in [5.41, 5.74) is 1.69. The highest BCUT2D eigenvalue weighted by Crippen LogP contribution is 2.40. The highest BCUT2D eigenvalue weighted by Gasteiger charge is 2.38. The van der Waals surface area contributed by atoms with Gasteiger partial charge in [-0.05, 0) is 55.5 Å². The average molecular weight is 452 g/mol. The van der Waals surface area contributed by atoms with E-state index < -0.39 is 17.7 Å². The molecule has 2 aromatic carbocycles. The normalized spacial score (nSPS) is 15.2. The van der Waals surface area contributed by atoms with Gasteiger partial charge in [-0.3, -0.25) is 0 Å². The zero-order valence-electron chi connectivity index (χ0n) is 20.1. The van der Waals surface area contributed by atoms with E-state index >= 15 is 0 Å². The zero-order valence-corrected chi connectivity index (χ0v) is 20.1. The van der Waals surface area contributed by atoms with Gasteiger partial charge in [0.05, 0.1) is 7.11 Å². The van der Waals surface area contributed by atoms with Crippen molar-refractivity contribution in [3.05, 3.63) is 65.7 Å². The molecule has 0 spiro atoms. The van der Waals surface area contributed by atoms with Gasteiger partial charge in [-0.25, -0.2) is 4.79 Å². The van der Waals surface area contributed by atoms with Gasteiger partial charge >= 0.3 is 5.97 Å². The number of aliphatic hydroxyl groups is 1. The van der Waals surface area contributed by atoms with E-state index in [9.17, 15) is 9.90 Å². The lowest BCUT2D eigenvalue weighted by Gasteiger charge is -2.37. The Balaban J connectivity index is 0.000000273. The highest BCUT2D eigenvalue weighted by molar-refractivity contribution is 5.78. The van der Waals surface area contributed by atoms with Gasteiger partial charge in [-0.1, -0.05) is 68.7 Å². The van der Waals surface area contributed by atoms with E-state index in [1.54, 1.807) is 7.11 Å². The molecule has 3 rings (SSSR count). The van der Waals surface area contributed by atoms with Crippen LogP contribution in [0.4, 0.5) is 0 Å². The van der Waals surface area contributed by atoms with E-state index in [1.807, 2.05) is 49.4 Å². The number of carbonyl (C=O) groups excluding carboxylic acids is 1. The molecule has 5 nitrogen and oxygen atoms in total. The minimum Gasteiger partial charge on any atom is -0.497 e. The van der Waals surface area contributed by atoms with Crippen LogP contribution in [-0.4, -0.2) is 30.8 Å². The molecular formula is C28H37NO4. The summed E-state index contributed by atoms with van der Waals surface area (Å²) < 4.78 is 10.8. The molecule has 178 valence electrons. The fourth-order valence-corrected chi connectivity index (χ4v) is 3.83. The summed E-state index contributed by atoms with van der Waals surface area (Å²) >= 11 is 0. The Morgan fingerprint density at radius 2 is 1.73 bits per heavy atom. The van der Waals surface area contributed by atoms with Crippen LogP contribution < -0.4 is 10.1 Å². The lowest BCUT2D eigenvalue weighted by Crippen LogP contribution is -2.38. The van der Waals surface area contributed by atoms with Gasteiger partial charge in [-0.15, -0.1) is 5.92 Å². The Hall–Kier alpha value is -2.81. The lowest BCUT2D eigenvalue weighted by molar-refractivity contribution is -0.172. The molecule has 1 aliphatic rings. The Labute approximate surface area is 198 Å². The average Bonchev–Trinajstić information content (AvgIpc) is 2.87. The summed E-state index contributed by atoms with van der Waals surface area (Å²) in [5, 5.41) is 13.1. The van der Waals surface area contributed by atoms with Gasteiger partial charge in [-0.2, -0.15) is 0 Å². The van der Waals surface area contributed by atoms with Crippen LogP contribution in [0.2, 0.25) is 0 Å². The maximum absolute atomic E-state index is 12.1. The first-order valence-corrected chi connectivity index (χ1v) is 11.8. The standard InChI is InChI=1S/C18H22O3.C10H15NO/c1-2-3-12-16(19)17(20)21-18(13-8-5-9-14-18)15-10-6-4-7-11-15;1-3-11-8-9-4-6-10(12-2)7-5-9/h4,6-7,10-11,16,19H,2,5,8-9,13-14H2,1H3;4-7,11H,3,8H2,1-2H3. The number of rotatable bonds is 7. The van der Waals surface area contributed by atoms with E-state index in [-0.39, 0.29) is 0 Å². The van der Waals surface area contributed by atoms with Crippen LogP contribution in [0.15, 0.2) is 54.6 Å². The molecule has 33 heavy (non-hydrogen) atoms. The molecule has 1 unspecified atom stereocenters. The van der Waals surface area contributed by atoms with Crippen molar-refractivity contribution < 1.29 is 19.4 Å². The predicted octanol–water partition coefficient (Wildman–Crippen LogP) is 4.97. The summed E-state index contributed by atoms with van der Waals surface area (Å²) in [6, 6.07) is 17.9. The van der Waals surface area contributed by atoms with Crippen molar-refractivity contribution >= 4 is 5.97 Å². The van der Waals surface area contributed by atoms with Crippen molar-refractivity contribution in [3.8, 4) is 17.6 Å². The number of esters is 1. The van der Waals surface area contributed by atoms with Crippen molar-refractivity contribution in [1.82, 2.24) is 5.32 Å². The summed E-state index contributed by atoms with van der Waals surface area (Å²) in [7, 11) is 1.68. The van der Waals surface area contributed by atoms with Gasteiger partial charge < -0.3 is 19.9 Å². The Morgan fingerprint density at radius 1 is 1.06 bits per heavy atom. The minimum atomic E-state index is -1.35. The molecule has 1 aliphatic carbocycles. The van der Waals surface area contributed by atoms with Crippen LogP contribution in [0.1, 0.15) is 63.5 Å². The van der Waals surface area contributed by atoms with Crippen molar-refractivity contribution in [2.24, 2.45) is 0 Å². The third-order valence-corrected chi connectivity index (χ3v) is 5.63. The fraction of sp³-hybridized carbons (Fsp3) is 0.464. The van der Waals surface area contributed by atoms with E-state index in [4.69, 9.17) is 9.47 Å². The molecule has 2 aromatic rings. The molecule has 1 saturated carbocycles. The van der Waals surface area contributed by atoms with Gasteiger partial charge in [0.15, 0.2) is 0 Å². The molecule has 2 N–H and O–H groups in total. The molecule has 0 bridgehead atoms. The smallest absolute Gasteiger partial charge is 0.348 e. The number of carbonyl (C=O) groups is 1. The maximum Gasteiger partial charge on any atom is 0.348 e. The molecule has 0 aromatic heterocycles. The van der Waals surface area contributed by atoms with E-state index in [0.29, 0.717) is 6.42 Å². The first kappa shape index (κ1) is 26.4. The first-order chi connectivity index (χ1) is 16.0. The fourth-order valence-electron chi connectivity index (χ4n) is 3.83. The molecule has 5 heteroatoms. The Kier molecular flexibility index (Phi) is 11.5. The van der Waals surface area contributed by atoms with Crippen LogP contribution in [0, 0.1) is 11.8 Å². The number of methoxy groups -OCH3 is 1. The second-order valence-electron chi connectivity index (χ2n) is 8.05. The second kappa shape index (κ2) is 14.4. The first-order valence-electron chi connectivity index (χ1n) is 11.8.